The first kappa shape index (κ1) is 24.3. The van der Waals surface area contributed by atoms with E-state index in [-0.39, 0.29) is 19.8 Å². The quantitative estimate of drug-likeness (QED) is 0.154. The van der Waals surface area contributed by atoms with Gasteiger partial charge in [0.25, 0.3) is 0 Å². The zero-order valence-corrected chi connectivity index (χ0v) is 17.1. The third kappa shape index (κ3) is 10.8. The molecule has 7 nitrogen and oxygen atoms in total. The predicted octanol–water partition coefficient (Wildman–Crippen LogP) is 3.29. The Kier molecular flexibility index (Phi) is 12.2. The topological polar surface area (TPSA) is 82.1 Å². The summed E-state index contributed by atoms with van der Waals surface area (Å²) in [5.74, 6) is -0.433. The molecule has 1 N–H and O–H groups in total. The lowest BCUT2D eigenvalue weighted by atomic mass is 10.3. The number of phosphoric ester groups is 1. The molecule has 0 radical (unpaired) electrons. The largest absolute Gasteiger partial charge is 0.472 e. The van der Waals surface area contributed by atoms with Crippen molar-refractivity contribution >= 4 is 13.8 Å². The molecule has 0 heterocycles. The number of carbonyl (C=O) groups excluding carboxylic acids is 1. The Morgan fingerprint density at radius 2 is 1.48 bits per heavy atom. The SMILES string of the molecule is C=C(C)C(=O)OCCCCOP(=O)(O)OCCC[N+](CC)(CC)CC. The number of hydrogen-bond donors (Lipinski definition) is 1. The van der Waals surface area contributed by atoms with Crippen LogP contribution in [0, 0.1) is 0 Å². The minimum absolute atomic E-state index is 0.0806. The third-order valence-corrected chi connectivity index (χ3v) is 5.44. The smallest absolute Gasteiger partial charge is 0.462 e. The summed E-state index contributed by atoms with van der Waals surface area (Å²) in [5.41, 5.74) is 0.348. The maximum atomic E-state index is 11.8. The Balaban J connectivity index is 3.86. The van der Waals surface area contributed by atoms with Crippen molar-refractivity contribution in [3.8, 4) is 0 Å². The normalized spacial score (nSPS) is 14.1. The summed E-state index contributed by atoms with van der Waals surface area (Å²) in [4.78, 5) is 20.8. The molecule has 0 aromatic rings. The molecule has 0 aliphatic carbocycles. The number of carbonyl (C=O) groups is 1. The fourth-order valence-electron chi connectivity index (χ4n) is 2.43. The van der Waals surface area contributed by atoms with E-state index >= 15 is 0 Å². The van der Waals surface area contributed by atoms with Crippen LogP contribution in [0.15, 0.2) is 12.2 Å². The van der Waals surface area contributed by atoms with Crippen LogP contribution in [0.2, 0.25) is 0 Å². The highest BCUT2D eigenvalue weighted by atomic mass is 31.2. The molecule has 8 heteroatoms. The minimum atomic E-state index is -4.01. The summed E-state index contributed by atoms with van der Waals surface area (Å²) < 4.78 is 27.6. The molecule has 0 saturated heterocycles. The summed E-state index contributed by atoms with van der Waals surface area (Å²) in [6.07, 6.45) is 1.75. The van der Waals surface area contributed by atoms with E-state index in [2.05, 4.69) is 27.4 Å². The Morgan fingerprint density at radius 3 is 1.96 bits per heavy atom. The molecule has 0 saturated carbocycles. The van der Waals surface area contributed by atoms with Gasteiger partial charge >= 0.3 is 13.8 Å². The van der Waals surface area contributed by atoms with Crippen LogP contribution in [0.1, 0.15) is 47.0 Å². The maximum absolute atomic E-state index is 11.8. The molecular formula is C17H35NO6P+. The van der Waals surface area contributed by atoms with Gasteiger partial charge in [0.1, 0.15) is 0 Å². The van der Waals surface area contributed by atoms with E-state index in [9.17, 15) is 14.3 Å². The lowest BCUT2D eigenvalue weighted by molar-refractivity contribution is -0.923. The number of quaternary nitrogens is 1. The number of nitrogens with zero attached hydrogens (tertiary/aromatic N) is 1. The standard InChI is InChI=1S/C17H34NO6P/c1-6-18(7-2,8-3)12-11-15-24-25(20,21)23-14-10-9-13-22-17(19)16(4)5/h4,6-15H2,1-3,5H3/p+1. The van der Waals surface area contributed by atoms with Crippen LogP contribution in [0.25, 0.3) is 0 Å². The minimum Gasteiger partial charge on any atom is -0.462 e. The Morgan fingerprint density at radius 1 is 1.00 bits per heavy atom. The number of unbranched alkanes of at least 4 members (excludes halogenated alkanes) is 1. The molecule has 1 atom stereocenters. The second kappa shape index (κ2) is 12.6. The van der Waals surface area contributed by atoms with Crippen molar-refractivity contribution in [2.45, 2.75) is 47.0 Å². The summed E-state index contributed by atoms with van der Waals surface area (Å²) in [6.45, 7) is 16.1. The van der Waals surface area contributed by atoms with E-state index in [0.29, 0.717) is 24.8 Å². The van der Waals surface area contributed by atoms with Crippen LogP contribution >= 0.6 is 7.82 Å². The van der Waals surface area contributed by atoms with Gasteiger partial charge in [0.05, 0.1) is 46.0 Å². The predicted molar refractivity (Wildman–Crippen MR) is 98.1 cm³/mol. The van der Waals surface area contributed by atoms with Crippen molar-refractivity contribution in [3.05, 3.63) is 12.2 Å². The van der Waals surface area contributed by atoms with Crippen LogP contribution < -0.4 is 0 Å². The molecule has 0 spiro atoms. The zero-order valence-electron chi connectivity index (χ0n) is 16.2. The first-order valence-electron chi connectivity index (χ1n) is 9.01. The molecular weight excluding hydrogens is 345 g/mol. The lowest BCUT2D eigenvalue weighted by Gasteiger charge is -2.35. The van der Waals surface area contributed by atoms with E-state index < -0.39 is 13.8 Å². The van der Waals surface area contributed by atoms with Crippen molar-refractivity contribution in [1.29, 1.82) is 0 Å². The molecule has 0 fully saturated rings. The van der Waals surface area contributed by atoms with E-state index in [1.807, 2.05) is 0 Å². The van der Waals surface area contributed by atoms with Crippen molar-refractivity contribution < 1.29 is 32.5 Å². The average molecular weight is 380 g/mol. The van der Waals surface area contributed by atoms with E-state index in [1.54, 1.807) is 6.92 Å². The van der Waals surface area contributed by atoms with Crippen LogP contribution in [-0.4, -0.2) is 61.3 Å². The lowest BCUT2D eigenvalue weighted by Crippen LogP contribution is -2.48. The molecule has 0 aromatic heterocycles. The highest BCUT2D eigenvalue weighted by Gasteiger charge is 2.23. The fraction of sp³-hybridized carbons (Fsp3) is 0.824. The second-order valence-electron chi connectivity index (χ2n) is 6.13. The number of rotatable bonds is 15. The number of esters is 1. The molecule has 0 rings (SSSR count). The van der Waals surface area contributed by atoms with Crippen molar-refractivity contribution in [2.75, 3.05) is 46.0 Å². The number of ether oxygens (including phenoxy) is 1. The van der Waals surface area contributed by atoms with Crippen molar-refractivity contribution in [1.82, 2.24) is 0 Å². The third-order valence-electron chi connectivity index (χ3n) is 4.42. The van der Waals surface area contributed by atoms with E-state index in [0.717, 1.165) is 30.7 Å². The molecule has 0 aliphatic heterocycles. The van der Waals surface area contributed by atoms with Gasteiger partial charge in [-0.3, -0.25) is 9.05 Å². The maximum Gasteiger partial charge on any atom is 0.472 e. The van der Waals surface area contributed by atoms with Gasteiger partial charge in [-0.15, -0.1) is 0 Å². The van der Waals surface area contributed by atoms with Crippen LogP contribution in [-0.2, 0) is 23.1 Å². The van der Waals surface area contributed by atoms with Gasteiger partial charge in [0.2, 0.25) is 0 Å². The van der Waals surface area contributed by atoms with Crippen LogP contribution in [0.4, 0.5) is 0 Å². The Bertz CT molecular complexity index is 442. The Labute approximate surface area is 152 Å². The van der Waals surface area contributed by atoms with Gasteiger partial charge in [-0.25, -0.2) is 9.36 Å². The zero-order chi connectivity index (χ0) is 19.3. The molecule has 0 aliphatic rings. The van der Waals surface area contributed by atoms with Gasteiger partial charge in [-0.1, -0.05) is 6.58 Å². The summed E-state index contributed by atoms with van der Waals surface area (Å²) in [7, 11) is -4.01. The molecule has 0 amide bonds. The molecule has 1 unspecified atom stereocenters. The van der Waals surface area contributed by atoms with Crippen LogP contribution in [0.5, 0.6) is 0 Å². The van der Waals surface area contributed by atoms with Crippen molar-refractivity contribution in [3.63, 3.8) is 0 Å². The molecule has 0 bridgehead atoms. The molecule has 0 aromatic carbocycles. The summed E-state index contributed by atoms with van der Waals surface area (Å²) >= 11 is 0. The summed E-state index contributed by atoms with van der Waals surface area (Å²) in [6, 6.07) is 0. The highest BCUT2D eigenvalue weighted by molar-refractivity contribution is 7.47. The average Bonchev–Trinajstić information content (AvgIpc) is 2.58. The Hall–Kier alpha value is -0.720. The molecule has 25 heavy (non-hydrogen) atoms. The van der Waals surface area contributed by atoms with Gasteiger partial charge in [0, 0.05) is 12.0 Å². The number of phosphoric acid groups is 1. The number of hydrogen-bond acceptors (Lipinski definition) is 5. The monoisotopic (exact) mass is 380 g/mol. The van der Waals surface area contributed by atoms with Gasteiger partial charge < -0.3 is 14.1 Å². The molecule has 148 valence electrons. The van der Waals surface area contributed by atoms with Crippen molar-refractivity contribution in [2.24, 2.45) is 0 Å². The summed E-state index contributed by atoms with van der Waals surface area (Å²) in [5, 5.41) is 0. The fourth-order valence-corrected chi connectivity index (χ4v) is 3.23. The van der Waals surface area contributed by atoms with E-state index in [4.69, 9.17) is 13.8 Å². The van der Waals surface area contributed by atoms with Gasteiger partial charge in [-0.05, 0) is 40.5 Å². The van der Waals surface area contributed by atoms with Crippen LogP contribution in [0.3, 0.4) is 0 Å². The first-order chi connectivity index (χ1) is 11.7. The first-order valence-corrected chi connectivity index (χ1v) is 10.5. The van der Waals surface area contributed by atoms with E-state index in [1.165, 1.54) is 0 Å². The highest BCUT2D eigenvalue weighted by Crippen LogP contribution is 2.43. The second-order valence-corrected chi connectivity index (χ2v) is 7.58. The van der Waals surface area contributed by atoms with Gasteiger partial charge in [0.15, 0.2) is 0 Å². The van der Waals surface area contributed by atoms with Gasteiger partial charge in [-0.2, -0.15) is 0 Å².